The number of halogens is 8. The van der Waals surface area contributed by atoms with E-state index in [0.29, 0.717) is 40.0 Å². The molecule has 8 heterocycles. The van der Waals surface area contributed by atoms with Crippen molar-refractivity contribution in [2.45, 2.75) is 27.7 Å². The average Bonchev–Trinajstić information content (AvgIpc) is 0.873. The van der Waals surface area contributed by atoms with Gasteiger partial charge in [-0.25, -0.2) is 0 Å². The maximum atomic E-state index is 11.6. The van der Waals surface area contributed by atoms with Crippen LogP contribution in [0.4, 0.5) is 0 Å². The molecular weight excluding hydrogens is 2020 g/mol. The Bertz CT molecular complexity index is 3880. The van der Waals surface area contributed by atoms with Gasteiger partial charge in [0.1, 0.15) is 0 Å². The molecule has 0 atom stereocenters. The van der Waals surface area contributed by atoms with Crippen LogP contribution in [-0.4, -0.2) is 74.5 Å². The quantitative estimate of drug-likeness (QED) is 0.120. The van der Waals surface area contributed by atoms with Crippen LogP contribution in [0.1, 0.15) is 22.3 Å². The number of aromatic nitrogens is 8. The van der Waals surface area contributed by atoms with Gasteiger partial charge in [0.2, 0.25) is 0 Å². The number of rotatable bonds is 2. The molecule has 0 saturated heterocycles. The Labute approximate surface area is 670 Å². The molecule has 0 fully saturated rings. The Kier molecular flexibility index (Phi) is 42.3. The number of aliphatic hydroxyl groups is 2. The smallest absolute Gasteiger partial charge is 0.870 e. The molecule has 0 spiro atoms. The molecule has 2 N–H and O–H groups in total. The second-order valence-electron chi connectivity index (χ2n) is 17.6. The number of hydrogen-bond donors (Lipinski definition) is 2. The minimum absolute atomic E-state index is 0. The van der Waals surface area contributed by atoms with Gasteiger partial charge in [-0.3, -0.25) is 39.9 Å². The largest absolute Gasteiger partial charge is 3.00 e. The Morgan fingerprint density at radius 2 is 0.468 bits per heavy atom. The molecule has 94 heavy (non-hydrogen) atoms. The first-order valence-corrected chi connectivity index (χ1v) is 31.9. The molecule has 0 unspecified atom stereocenters. The van der Waals surface area contributed by atoms with Gasteiger partial charge in [-0.15, -0.1) is 0 Å². The van der Waals surface area contributed by atoms with Gasteiger partial charge in [-0.1, -0.05) is 175 Å². The third-order valence-corrected chi connectivity index (χ3v) is 16.2. The van der Waals surface area contributed by atoms with E-state index in [-0.39, 0.29) is 104 Å². The molecule has 2 radical (unpaired) electrons. The first kappa shape index (κ1) is 87.2. The summed E-state index contributed by atoms with van der Waals surface area (Å²) in [6, 6.07) is 37.8. The summed E-state index contributed by atoms with van der Waals surface area (Å²) in [6.45, 7) is 8.23. The molecule has 486 valence electrons. The molecule has 8 aromatic heterocycles. The van der Waals surface area contributed by atoms with Crippen molar-refractivity contribution in [3.63, 3.8) is 0 Å². The summed E-state index contributed by atoms with van der Waals surface area (Å²) in [5, 5.41) is 93.1. The predicted octanol–water partition coefficient (Wildman–Crippen LogP) is 15.6. The number of nitrogens with zero attached hydrogens (tertiary/aromatic N) is 10. The van der Waals surface area contributed by atoms with Gasteiger partial charge in [-0.2, -0.15) is 0 Å². The zero-order valence-electron chi connectivity index (χ0n) is 49.5. The molecule has 0 aliphatic rings. The minimum Gasteiger partial charge on any atom is -0.870 e. The molecule has 0 bridgehead atoms. The Hall–Kier alpha value is -4.84. The normalized spacial score (nSPS) is 9.53. The van der Waals surface area contributed by atoms with Gasteiger partial charge in [0.15, 0.2) is 0 Å². The standard InChI is InChI=1S/2C12H12N2.4C9H5Br2NO.2CH4O.2NO3.2Sm/c2*1-9-3-5-13-11(7-9)12-8-10(2)4-6-14-12;4*10-6-4-7(11)9(13)8-5(6)2-1-3-12-8;2*1-2;2*2-1(3)4;;/h2*3-8H,1-2H3;4*1-4,13H;2*2H,1H3;;;;/q;;;;;;;;2*-1;2*+3/p-4. The third-order valence-electron chi connectivity index (χ3n) is 11.2. The van der Waals surface area contributed by atoms with E-state index in [1.807, 2.05) is 97.6 Å². The minimum atomic E-state index is -1.75. The van der Waals surface area contributed by atoms with Crippen molar-refractivity contribution in [2.75, 3.05) is 14.2 Å². The summed E-state index contributed by atoms with van der Waals surface area (Å²) < 4.78 is 5.64. The van der Waals surface area contributed by atoms with E-state index < -0.39 is 10.2 Å². The Balaban J connectivity index is 0.000000543. The van der Waals surface area contributed by atoms with Gasteiger partial charge in [-0.05, 0) is 147 Å². The zero-order chi connectivity index (χ0) is 68.8. The number of pyridine rings is 8. The van der Waals surface area contributed by atoms with E-state index in [2.05, 4.69) is 195 Å². The maximum Gasteiger partial charge on any atom is 3.00 e. The summed E-state index contributed by atoms with van der Waals surface area (Å²) >= 11 is 26.2. The van der Waals surface area contributed by atoms with Crippen molar-refractivity contribution in [3.8, 4) is 45.8 Å². The Morgan fingerprint density at radius 3 is 0.628 bits per heavy atom. The van der Waals surface area contributed by atoms with Crippen LogP contribution in [0.2, 0.25) is 0 Å². The fourth-order valence-electron chi connectivity index (χ4n) is 7.29. The van der Waals surface area contributed by atoms with E-state index in [0.717, 1.165) is 76.4 Å². The molecule has 12 rings (SSSR count). The first-order valence-electron chi connectivity index (χ1n) is 25.6. The molecular formula is C62H48Br8N10O12Sm2. The third kappa shape index (κ3) is 28.3. The monoisotopic (exact) mass is 2060 g/mol. The van der Waals surface area contributed by atoms with Crippen LogP contribution in [0.15, 0.2) is 207 Å². The second kappa shape index (κ2) is 45.6. The van der Waals surface area contributed by atoms with E-state index in [4.69, 9.17) is 40.9 Å². The van der Waals surface area contributed by atoms with Crippen LogP contribution in [0.25, 0.3) is 66.4 Å². The summed E-state index contributed by atoms with van der Waals surface area (Å²) in [7, 11) is 2.00. The van der Waals surface area contributed by atoms with Gasteiger partial charge < -0.3 is 61.3 Å². The molecule has 4 aromatic carbocycles. The maximum absolute atomic E-state index is 11.6. The van der Waals surface area contributed by atoms with Crippen molar-refractivity contribution in [2.24, 2.45) is 0 Å². The summed E-state index contributed by atoms with van der Waals surface area (Å²) in [6.07, 6.45) is 13.7. The first-order chi connectivity index (χ1) is 43.8. The van der Waals surface area contributed by atoms with Crippen LogP contribution in [0.5, 0.6) is 23.0 Å². The number of aliphatic hydroxyl groups excluding tert-OH is 2. The molecule has 22 nitrogen and oxygen atoms in total. The van der Waals surface area contributed by atoms with Gasteiger partial charge in [0.25, 0.3) is 0 Å². The molecule has 0 aliphatic carbocycles. The number of fused-ring (bicyclic) bond motifs is 4. The molecule has 0 aliphatic heterocycles. The van der Waals surface area contributed by atoms with Crippen molar-refractivity contribution in [1.82, 2.24) is 39.9 Å². The molecule has 32 heteroatoms. The van der Waals surface area contributed by atoms with E-state index in [1.54, 1.807) is 73.3 Å². The van der Waals surface area contributed by atoms with Gasteiger partial charge >= 0.3 is 80.8 Å². The SMILES string of the molecule is CO.CO.Cc1ccnc(-c2cc(C)ccn2)c1.Cc1ccnc(-c2cc(C)ccn2)c1.O=[N+]([O-])[O-].O=[N+]([O-])[O-].[O-]c1c(Br)cc(Br)c2cccnc12.[O-]c1c(Br)cc(Br)c2cccnc12.[O-]c1c(Br)cc(Br)c2cccnc12.[O-]c1c(Br)cc(Br)c2cccnc12.[Sm+3].[Sm+3]. The summed E-state index contributed by atoms with van der Waals surface area (Å²) in [4.78, 5) is 49.8. The molecule has 0 amide bonds. The molecule has 12 aromatic rings. The van der Waals surface area contributed by atoms with Crippen molar-refractivity contribution < 1.29 is 122 Å². The molecule has 0 saturated carbocycles. The van der Waals surface area contributed by atoms with Crippen molar-refractivity contribution in [1.29, 1.82) is 0 Å². The summed E-state index contributed by atoms with van der Waals surface area (Å²) in [5.74, 6) is -0.282. The predicted molar refractivity (Wildman–Crippen MR) is 377 cm³/mol. The Morgan fingerprint density at radius 1 is 0.298 bits per heavy atom. The fraction of sp³-hybridized carbons (Fsp3) is 0.0968. The van der Waals surface area contributed by atoms with Crippen molar-refractivity contribution >= 4 is 171 Å². The number of hydrogen-bond acceptors (Lipinski definition) is 20. The van der Waals surface area contributed by atoms with E-state index >= 15 is 0 Å². The van der Waals surface area contributed by atoms with Crippen LogP contribution < -0.4 is 20.4 Å². The number of benzene rings is 4. The zero-order valence-corrected chi connectivity index (χ0v) is 67.4. The summed E-state index contributed by atoms with van der Waals surface area (Å²) in [5.41, 5.74) is 10.5. The topological polar surface area (TPSA) is 368 Å². The van der Waals surface area contributed by atoms with Gasteiger partial charge in [0.05, 0.1) is 55.0 Å². The fourth-order valence-corrected chi connectivity index (χ4v) is 12.4. The average molecular weight is 2070 g/mol. The van der Waals surface area contributed by atoms with E-state index in [9.17, 15) is 20.4 Å². The van der Waals surface area contributed by atoms with Gasteiger partial charge in [0, 0.05) is 121 Å². The van der Waals surface area contributed by atoms with Crippen molar-refractivity contribution in [3.05, 3.63) is 260 Å². The van der Waals surface area contributed by atoms with Crippen LogP contribution >= 0.6 is 127 Å². The van der Waals surface area contributed by atoms with E-state index in [1.165, 1.54) is 22.3 Å². The van der Waals surface area contributed by atoms with Crippen LogP contribution in [0.3, 0.4) is 0 Å². The second-order valence-corrected chi connectivity index (χ2v) is 24.4. The van der Waals surface area contributed by atoms with Crippen LogP contribution in [-0.2, 0) is 0 Å². The number of aryl methyl sites for hydroxylation is 4. The van der Waals surface area contributed by atoms with Crippen LogP contribution in [0, 0.1) is 139 Å².